The van der Waals surface area contributed by atoms with E-state index in [4.69, 9.17) is 5.90 Å². The summed E-state index contributed by atoms with van der Waals surface area (Å²) in [5.41, 5.74) is 3.92. The van der Waals surface area contributed by atoms with E-state index in [1.165, 1.54) is 0 Å². The van der Waals surface area contributed by atoms with Crippen LogP contribution in [-0.4, -0.2) is 11.7 Å². The second-order valence-electron chi connectivity index (χ2n) is 3.64. The lowest BCUT2D eigenvalue weighted by molar-refractivity contribution is 0.140. The largest absolute Gasteiger partial charge is 0.507 e. The van der Waals surface area contributed by atoms with E-state index >= 15 is 0 Å². The molecule has 0 aliphatic carbocycles. The first-order valence-electron chi connectivity index (χ1n) is 4.79. The predicted octanol–water partition coefficient (Wildman–Crippen LogP) is 2.51. The maximum Gasteiger partial charge on any atom is 0.122 e. The maximum atomic E-state index is 9.99. The Hall–Kier alpha value is -0.580. The summed E-state index contributed by atoms with van der Waals surface area (Å²) in [6.45, 7) is 6.27. The van der Waals surface area contributed by atoms with Gasteiger partial charge in [0.1, 0.15) is 5.75 Å². The molecule has 0 aliphatic rings. The van der Waals surface area contributed by atoms with Gasteiger partial charge in [0, 0.05) is 16.5 Å². The van der Waals surface area contributed by atoms with E-state index < -0.39 is 0 Å². The normalized spacial score (nSPS) is 10.7. The van der Waals surface area contributed by atoms with Gasteiger partial charge in [-0.1, -0.05) is 15.9 Å². The average Bonchev–Trinajstić information content (AvgIpc) is 2.24. The number of hydrogen-bond donors (Lipinski definition) is 2. The van der Waals surface area contributed by atoms with Crippen LogP contribution < -0.4 is 5.90 Å². The zero-order valence-electron chi connectivity index (χ0n) is 9.22. The Bertz CT molecular complexity index is 348. The van der Waals surface area contributed by atoms with Crippen LogP contribution in [0.15, 0.2) is 4.47 Å². The van der Waals surface area contributed by atoms with Gasteiger partial charge in [0.15, 0.2) is 0 Å². The molecule has 0 atom stereocenters. The molecule has 3 nitrogen and oxygen atoms in total. The van der Waals surface area contributed by atoms with Crippen molar-refractivity contribution in [3.63, 3.8) is 0 Å². The minimum Gasteiger partial charge on any atom is -0.507 e. The number of benzene rings is 1. The molecule has 0 fully saturated rings. The van der Waals surface area contributed by atoms with Gasteiger partial charge >= 0.3 is 0 Å². The molecule has 1 aromatic carbocycles. The maximum absolute atomic E-state index is 9.99. The minimum atomic E-state index is 0.352. The van der Waals surface area contributed by atoms with E-state index in [9.17, 15) is 5.11 Å². The number of hydrogen-bond acceptors (Lipinski definition) is 3. The highest BCUT2D eigenvalue weighted by Crippen LogP contribution is 2.35. The molecule has 0 amide bonds. The Kier molecular flexibility index (Phi) is 4.13. The molecule has 1 aromatic rings. The molecule has 4 heteroatoms. The van der Waals surface area contributed by atoms with Crippen LogP contribution >= 0.6 is 15.9 Å². The highest BCUT2D eigenvalue weighted by atomic mass is 79.9. The zero-order chi connectivity index (χ0) is 11.6. The number of aromatic hydroxyl groups is 1. The summed E-state index contributed by atoms with van der Waals surface area (Å²) in [6, 6.07) is 0. The van der Waals surface area contributed by atoms with Crippen molar-refractivity contribution < 1.29 is 9.94 Å². The molecule has 3 N–H and O–H groups in total. The predicted molar refractivity (Wildman–Crippen MR) is 63.9 cm³/mol. The molecule has 1 rings (SSSR count). The van der Waals surface area contributed by atoms with Gasteiger partial charge in [0.2, 0.25) is 0 Å². The third-order valence-electron chi connectivity index (χ3n) is 2.78. The number of halogens is 1. The van der Waals surface area contributed by atoms with Gasteiger partial charge in [-0.2, -0.15) is 0 Å². The number of phenols is 1. The Balaban J connectivity index is 3.26. The second-order valence-corrected chi connectivity index (χ2v) is 4.43. The van der Waals surface area contributed by atoms with Gasteiger partial charge in [0.25, 0.3) is 0 Å². The van der Waals surface area contributed by atoms with Crippen LogP contribution in [0.4, 0.5) is 0 Å². The monoisotopic (exact) mass is 273 g/mol. The van der Waals surface area contributed by atoms with Crippen LogP contribution in [-0.2, 0) is 11.3 Å². The summed E-state index contributed by atoms with van der Waals surface area (Å²) < 4.78 is 1.05. The molecule has 0 heterocycles. The summed E-state index contributed by atoms with van der Waals surface area (Å²) in [7, 11) is 0. The Morgan fingerprint density at radius 2 is 1.80 bits per heavy atom. The molecule has 84 valence electrons. The van der Waals surface area contributed by atoms with E-state index in [2.05, 4.69) is 20.8 Å². The topological polar surface area (TPSA) is 55.5 Å². The number of rotatable bonds is 3. The fourth-order valence-electron chi connectivity index (χ4n) is 1.63. The molecule has 0 radical (unpaired) electrons. The molecule has 0 bridgehead atoms. The highest BCUT2D eigenvalue weighted by molar-refractivity contribution is 9.10. The minimum absolute atomic E-state index is 0.352. The van der Waals surface area contributed by atoms with Gasteiger partial charge < -0.3 is 9.94 Å². The molecule has 0 aromatic heterocycles. The first-order valence-corrected chi connectivity index (χ1v) is 5.58. The zero-order valence-corrected chi connectivity index (χ0v) is 10.8. The summed E-state index contributed by atoms with van der Waals surface area (Å²) in [5.74, 6) is 5.34. The van der Waals surface area contributed by atoms with E-state index in [-0.39, 0.29) is 0 Å². The van der Waals surface area contributed by atoms with Gasteiger partial charge in [-0.25, -0.2) is 5.90 Å². The smallest absolute Gasteiger partial charge is 0.122 e. The average molecular weight is 274 g/mol. The van der Waals surface area contributed by atoms with Crippen molar-refractivity contribution in [3.8, 4) is 5.75 Å². The van der Waals surface area contributed by atoms with Crippen molar-refractivity contribution in [3.05, 3.63) is 26.7 Å². The standard InChI is InChI=1S/C11H16BrNO2/c1-6-7(2)11(14)9(4-5-15-13)8(3)10(6)12/h14H,4-5,13H2,1-3H3. The summed E-state index contributed by atoms with van der Waals surface area (Å²) in [6.07, 6.45) is 0.619. The lowest BCUT2D eigenvalue weighted by Gasteiger charge is -2.15. The van der Waals surface area contributed by atoms with Crippen molar-refractivity contribution in [2.75, 3.05) is 6.61 Å². The Labute approximate surface area is 98.3 Å². The molecular weight excluding hydrogens is 258 g/mol. The molecular formula is C11H16BrNO2. The summed E-state index contributed by atoms with van der Waals surface area (Å²) in [5, 5.41) is 9.99. The molecule has 0 saturated carbocycles. The van der Waals surface area contributed by atoms with Crippen molar-refractivity contribution in [2.24, 2.45) is 5.90 Å². The van der Waals surface area contributed by atoms with Crippen molar-refractivity contribution in [1.82, 2.24) is 0 Å². The van der Waals surface area contributed by atoms with Crippen LogP contribution in [0, 0.1) is 20.8 Å². The summed E-state index contributed by atoms with van der Waals surface area (Å²) >= 11 is 3.52. The second kappa shape index (κ2) is 4.96. The van der Waals surface area contributed by atoms with Crippen molar-refractivity contribution in [2.45, 2.75) is 27.2 Å². The highest BCUT2D eigenvalue weighted by Gasteiger charge is 2.14. The van der Waals surface area contributed by atoms with Crippen LogP contribution in [0.2, 0.25) is 0 Å². The molecule has 0 spiro atoms. The quantitative estimate of drug-likeness (QED) is 0.833. The third-order valence-corrected chi connectivity index (χ3v) is 3.97. The van der Waals surface area contributed by atoms with Gasteiger partial charge in [-0.15, -0.1) is 0 Å². The van der Waals surface area contributed by atoms with E-state index in [1.54, 1.807) is 0 Å². The third kappa shape index (κ3) is 2.33. The molecule has 0 aliphatic heterocycles. The first-order chi connectivity index (χ1) is 7.00. The molecule has 0 unspecified atom stereocenters. The van der Waals surface area contributed by atoms with Crippen LogP contribution in [0.3, 0.4) is 0 Å². The Morgan fingerprint density at radius 3 is 2.33 bits per heavy atom. The lowest BCUT2D eigenvalue weighted by atomic mass is 9.97. The fraction of sp³-hybridized carbons (Fsp3) is 0.455. The SMILES string of the molecule is Cc1c(C)c(Br)c(C)c(CCON)c1O. The van der Waals surface area contributed by atoms with Gasteiger partial charge in [-0.3, -0.25) is 0 Å². The van der Waals surface area contributed by atoms with Gasteiger partial charge in [0.05, 0.1) is 6.61 Å². The van der Waals surface area contributed by atoms with E-state index in [0.717, 1.165) is 26.7 Å². The number of phenolic OH excluding ortho intramolecular Hbond substituents is 1. The van der Waals surface area contributed by atoms with Crippen LogP contribution in [0.1, 0.15) is 22.3 Å². The number of nitrogens with two attached hydrogens (primary N) is 1. The summed E-state index contributed by atoms with van der Waals surface area (Å²) in [4.78, 5) is 4.54. The van der Waals surface area contributed by atoms with Crippen molar-refractivity contribution in [1.29, 1.82) is 0 Å². The van der Waals surface area contributed by atoms with Crippen molar-refractivity contribution >= 4 is 15.9 Å². The lowest BCUT2D eigenvalue weighted by Crippen LogP contribution is -2.06. The van der Waals surface area contributed by atoms with Crippen LogP contribution in [0.25, 0.3) is 0 Å². The van der Waals surface area contributed by atoms with Crippen LogP contribution in [0.5, 0.6) is 5.75 Å². The molecule has 15 heavy (non-hydrogen) atoms. The molecule has 0 saturated heterocycles. The van der Waals surface area contributed by atoms with Gasteiger partial charge in [-0.05, 0) is 37.5 Å². The van der Waals surface area contributed by atoms with E-state index in [1.807, 2.05) is 20.8 Å². The first kappa shape index (κ1) is 12.5. The Morgan fingerprint density at radius 1 is 1.20 bits per heavy atom. The van der Waals surface area contributed by atoms with E-state index in [0.29, 0.717) is 18.8 Å². The fourth-order valence-corrected chi connectivity index (χ4v) is 2.16.